The molecule has 0 radical (unpaired) electrons. The molecule has 1 saturated heterocycles. The van der Waals surface area contributed by atoms with Crippen LogP contribution in [-0.2, 0) is 11.3 Å². The van der Waals surface area contributed by atoms with Gasteiger partial charge in [0.2, 0.25) is 0 Å². The summed E-state index contributed by atoms with van der Waals surface area (Å²) in [4.78, 5) is 3.44. The molecule has 2 aromatic rings. The summed E-state index contributed by atoms with van der Waals surface area (Å²) in [6, 6.07) is 10.4. The largest absolute Gasteiger partial charge is 0.488 e. The molecule has 2 unspecified atom stereocenters. The minimum atomic E-state index is -0.694. The zero-order valence-corrected chi connectivity index (χ0v) is 15.0. The first-order valence-electron chi connectivity index (χ1n) is 8.62. The molecule has 0 bridgehead atoms. The van der Waals surface area contributed by atoms with E-state index < -0.39 is 11.9 Å². The molecule has 2 atom stereocenters. The molecule has 1 aromatic carbocycles. The Morgan fingerprint density at radius 1 is 1.32 bits per heavy atom. The van der Waals surface area contributed by atoms with E-state index in [1.807, 2.05) is 6.07 Å². The van der Waals surface area contributed by atoms with Gasteiger partial charge in [-0.3, -0.25) is 4.90 Å². The number of nitrogens with zero attached hydrogens (tertiary/aromatic N) is 1. The number of aliphatic hydroxyl groups is 1. The molecule has 136 valence electrons. The highest BCUT2D eigenvalue weighted by atomic mass is 32.1. The highest BCUT2D eigenvalue weighted by Gasteiger charge is 2.22. The normalized spacial score (nSPS) is 18.6. The molecule has 1 aliphatic rings. The molecule has 1 aromatic heterocycles. The van der Waals surface area contributed by atoms with Crippen molar-refractivity contribution in [2.75, 3.05) is 26.3 Å². The standard InChI is InChI=1S/C19H24FNO3S/c20-18-7-1-2-8-19(18)24-14-15(22)11-21(12-16-5-3-9-23-16)13-17-6-4-10-25-17/h1-2,4,6-8,10,15-16,22H,3,5,9,11-14H2. The van der Waals surface area contributed by atoms with Crippen molar-refractivity contribution in [3.05, 3.63) is 52.5 Å². The van der Waals surface area contributed by atoms with Gasteiger partial charge in [0.15, 0.2) is 11.6 Å². The topological polar surface area (TPSA) is 41.9 Å². The van der Waals surface area contributed by atoms with Gasteiger partial charge in [-0.25, -0.2) is 4.39 Å². The predicted molar refractivity (Wildman–Crippen MR) is 96.5 cm³/mol. The summed E-state index contributed by atoms with van der Waals surface area (Å²) in [5, 5.41) is 12.4. The third kappa shape index (κ3) is 5.78. The molecule has 4 nitrogen and oxygen atoms in total. The van der Waals surface area contributed by atoms with Gasteiger partial charge in [0.1, 0.15) is 12.7 Å². The van der Waals surface area contributed by atoms with E-state index in [1.54, 1.807) is 29.5 Å². The third-order valence-corrected chi connectivity index (χ3v) is 5.04. The first-order valence-corrected chi connectivity index (χ1v) is 9.50. The van der Waals surface area contributed by atoms with Gasteiger partial charge in [0.05, 0.1) is 6.10 Å². The fourth-order valence-electron chi connectivity index (χ4n) is 3.00. The highest BCUT2D eigenvalue weighted by molar-refractivity contribution is 7.09. The molecule has 0 aliphatic carbocycles. The highest BCUT2D eigenvalue weighted by Crippen LogP contribution is 2.18. The van der Waals surface area contributed by atoms with Gasteiger partial charge >= 0.3 is 0 Å². The predicted octanol–water partition coefficient (Wildman–Crippen LogP) is 3.31. The molecule has 0 saturated carbocycles. The Morgan fingerprint density at radius 3 is 2.92 bits per heavy atom. The van der Waals surface area contributed by atoms with E-state index >= 15 is 0 Å². The molecular formula is C19H24FNO3S. The summed E-state index contributed by atoms with van der Waals surface area (Å²) in [5.41, 5.74) is 0. The number of halogens is 1. The van der Waals surface area contributed by atoms with E-state index in [1.165, 1.54) is 10.9 Å². The SMILES string of the molecule is OC(COc1ccccc1F)CN(Cc1cccs1)CC1CCCO1. The van der Waals surface area contributed by atoms with Gasteiger partial charge in [-0.2, -0.15) is 0 Å². The Labute approximate surface area is 151 Å². The molecule has 0 spiro atoms. The summed E-state index contributed by atoms with van der Waals surface area (Å²) in [5.74, 6) is -0.241. The number of hydrogen-bond donors (Lipinski definition) is 1. The minimum Gasteiger partial charge on any atom is -0.488 e. The van der Waals surface area contributed by atoms with Crippen LogP contribution in [0.5, 0.6) is 5.75 Å². The second-order valence-corrected chi connectivity index (χ2v) is 7.34. The van der Waals surface area contributed by atoms with Crippen LogP contribution in [0.2, 0.25) is 0 Å². The van der Waals surface area contributed by atoms with Gasteiger partial charge in [-0.1, -0.05) is 18.2 Å². The average Bonchev–Trinajstić information content (AvgIpc) is 3.28. The number of hydrogen-bond acceptors (Lipinski definition) is 5. The van der Waals surface area contributed by atoms with E-state index in [2.05, 4.69) is 16.3 Å². The van der Waals surface area contributed by atoms with Crippen molar-refractivity contribution >= 4 is 11.3 Å². The smallest absolute Gasteiger partial charge is 0.165 e. The molecule has 1 fully saturated rings. The van der Waals surface area contributed by atoms with Crippen molar-refractivity contribution in [1.29, 1.82) is 0 Å². The Morgan fingerprint density at radius 2 is 2.20 bits per heavy atom. The molecule has 1 aliphatic heterocycles. The van der Waals surface area contributed by atoms with Crippen molar-refractivity contribution in [1.82, 2.24) is 4.90 Å². The molecule has 2 heterocycles. The first-order chi connectivity index (χ1) is 12.2. The van der Waals surface area contributed by atoms with E-state index in [4.69, 9.17) is 9.47 Å². The van der Waals surface area contributed by atoms with Crippen LogP contribution in [0.25, 0.3) is 0 Å². The molecule has 3 rings (SSSR count). The van der Waals surface area contributed by atoms with Crippen LogP contribution in [0.1, 0.15) is 17.7 Å². The summed E-state index contributed by atoms with van der Waals surface area (Å²) in [7, 11) is 0. The number of aliphatic hydroxyl groups excluding tert-OH is 1. The van der Waals surface area contributed by atoms with Crippen LogP contribution in [0.15, 0.2) is 41.8 Å². The summed E-state index contributed by atoms with van der Waals surface area (Å²) < 4.78 is 24.7. The van der Waals surface area contributed by atoms with Crippen LogP contribution in [0, 0.1) is 5.82 Å². The van der Waals surface area contributed by atoms with Crippen LogP contribution >= 0.6 is 11.3 Å². The quantitative estimate of drug-likeness (QED) is 0.740. The van der Waals surface area contributed by atoms with Crippen LogP contribution in [0.3, 0.4) is 0 Å². The van der Waals surface area contributed by atoms with Gasteiger partial charge in [0, 0.05) is 31.1 Å². The molecule has 25 heavy (non-hydrogen) atoms. The van der Waals surface area contributed by atoms with Crippen molar-refractivity contribution in [3.8, 4) is 5.75 Å². The Bertz CT molecular complexity index is 631. The molecule has 1 N–H and O–H groups in total. The number of ether oxygens (including phenoxy) is 2. The van der Waals surface area contributed by atoms with Crippen LogP contribution < -0.4 is 4.74 Å². The molecule has 6 heteroatoms. The monoisotopic (exact) mass is 365 g/mol. The maximum atomic E-state index is 13.6. The van der Waals surface area contributed by atoms with Crippen LogP contribution in [0.4, 0.5) is 4.39 Å². The lowest BCUT2D eigenvalue weighted by molar-refractivity contribution is 0.0312. The average molecular weight is 365 g/mol. The zero-order valence-electron chi connectivity index (χ0n) is 14.1. The van der Waals surface area contributed by atoms with Gasteiger partial charge in [-0.05, 0) is 36.4 Å². The van der Waals surface area contributed by atoms with Crippen molar-refractivity contribution in [2.24, 2.45) is 0 Å². The molecular weight excluding hydrogens is 341 g/mol. The summed E-state index contributed by atoms with van der Waals surface area (Å²) >= 11 is 1.70. The Hall–Kier alpha value is -1.47. The maximum absolute atomic E-state index is 13.6. The number of thiophene rings is 1. The fraction of sp³-hybridized carbons (Fsp3) is 0.474. The fourth-order valence-corrected chi connectivity index (χ4v) is 3.75. The van der Waals surface area contributed by atoms with Gasteiger partial charge < -0.3 is 14.6 Å². The number of para-hydroxylation sites is 1. The number of benzene rings is 1. The van der Waals surface area contributed by atoms with E-state index in [9.17, 15) is 9.50 Å². The van der Waals surface area contributed by atoms with Crippen molar-refractivity contribution < 1.29 is 19.0 Å². The lowest BCUT2D eigenvalue weighted by atomic mass is 10.2. The van der Waals surface area contributed by atoms with Crippen molar-refractivity contribution in [3.63, 3.8) is 0 Å². The molecule has 0 amide bonds. The first kappa shape index (κ1) is 18.3. The lowest BCUT2D eigenvalue weighted by Crippen LogP contribution is -2.39. The second kappa shape index (κ2) is 9.29. The third-order valence-electron chi connectivity index (χ3n) is 4.18. The Balaban J connectivity index is 1.53. The minimum absolute atomic E-state index is 0.0629. The maximum Gasteiger partial charge on any atom is 0.165 e. The van der Waals surface area contributed by atoms with E-state index in [-0.39, 0.29) is 18.5 Å². The van der Waals surface area contributed by atoms with Gasteiger partial charge in [0.25, 0.3) is 0 Å². The Kier molecular flexibility index (Phi) is 6.81. The van der Waals surface area contributed by atoms with Gasteiger partial charge in [-0.15, -0.1) is 11.3 Å². The summed E-state index contributed by atoms with van der Waals surface area (Å²) in [6.07, 6.45) is 1.68. The van der Waals surface area contributed by atoms with Crippen molar-refractivity contribution in [2.45, 2.75) is 31.6 Å². The second-order valence-electron chi connectivity index (χ2n) is 6.30. The van der Waals surface area contributed by atoms with E-state index in [0.717, 1.165) is 32.5 Å². The number of rotatable bonds is 9. The van der Waals surface area contributed by atoms with E-state index in [0.29, 0.717) is 6.54 Å². The summed E-state index contributed by atoms with van der Waals surface area (Å²) in [6.45, 7) is 2.90. The lowest BCUT2D eigenvalue weighted by Gasteiger charge is -2.27. The van der Waals surface area contributed by atoms with Crippen LogP contribution in [-0.4, -0.2) is 48.5 Å². The zero-order chi connectivity index (χ0) is 17.5.